The predicted octanol–water partition coefficient (Wildman–Crippen LogP) is 5.28. The summed E-state index contributed by atoms with van der Waals surface area (Å²) in [6.07, 6.45) is 0.854. The highest BCUT2D eigenvalue weighted by Gasteiger charge is 2.09. The molecule has 0 fully saturated rings. The quantitative estimate of drug-likeness (QED) is 0.475. The maximum atomic E-state index is 11.9. The minimum absolute atomic E-state index is 0.0842. The largest absolute Gasteiger partial charge is 0.483 e. The Morgan fingerprint density at radius 1 is 1.25 bits per heavy atom. The fraction of sp³-hybridized carbons (Fsp3) is 0.333. The fourth-order valence-corrected chi connectivity index (χ4v) is 3.31. The van der Waals surface area contributed by atoms with Crippen LogP contribution in [0.4, 0.5) is 0 Å². The number of rotatable bonds is 6. The van der Waals surface area contributed by atoms with Crippen LogP contribution in [0.1, 0.15) is 27.2 Å². The van der Waals surface area contributed by atoms with Crippen molar-refractivity contribution in [2.75, 3.05) is 6.61 Å². The third-order valence-corrected chi connectivity index (χ3v) is 4.63. The van der Waals surface area contributed by atoms with Crippen molar-refractivity contribution in [3.63, 3.8) is 0 Å². The minimum Gasteiger partial charge on any atom is -0.483 e. The Balaban J connectivity index is 1.99. The lowest BCUT2D eigenvalue weighted by molar-refractivity contribution is -0.123. The lowest BCUT2D eigenvalue weighted by atomic mass is 10.1. The molecule has 0 saturated carbocycles. The van der Waals surface area contributed by atoms with Gasteiger partial charge in [-0.2, -0.15) is 5.10 Å². The molecule has 0 radical (unpaired) electrons. The molecule has 0 aromatic heterocycles. The Kier molecular flexibility index (Phi) is 6.80. The molecule has 1 amide bonds. The van der Waals surface area contributed by atoms with Crippen molar-refractivity contribution in [2.45, 2.75) is 27.2 Å². The van der Waals surface area contributed by atoms with Crippen LogP contribution in [-0.4, -0.2) is 18.2 Å². The topological polar surface area (TPSA) is 50.7 Å². The monoisotopic (exact) mass is 454 g/mol. The van der Waals surface area contributed by atoms with Gasteiger partial charge in [0.05, 0.1) is 4.47 Å². The second-order valence-corrected chi connectivity index (χ2v) is 7.72. The Morgan fingerprint density at radius 2 is 2.00 bits per heavy atom. The lowest BCUT2D eigenvalue weighted by Gasteiger charge is -2.10. The van der Waals surface area contributed by atoms with Crippen molar-refractivity contribution in [2.24, 2.45) is 11.0 Å². The van der Waals surface area contributed by atoms with Gasteiger partial charge in [-0.15, -0.1) is 0 Å². The fourth-order valence-electron chi connectivity index (χ4n) is 2.32. The Hall–Kier alpha value is -1.40. The molecule has 0 bridgehead atoms. The Bertz CT molecular complexity index is 773. The van der Waals surface area contributed by atoms with E-state index >= 15 is 0 Å². The lowest BCUT2D eigenvalue weighted by Crippen LogP contribution is -2.25. The number of hydrogen-bond acceptors (Lipinski definition) is 3. The SMILES string of the molecule is C/C(CC(C)C)=N\NC(=O)COc1ccc2cc(Br)ccc2c1Br. The number of benzene rings is 2. The smallest absolute Gasteiger partial charge is 0.277 e. The zero-order chi connectivity index (χ0) is 17.7. The summed E-state index contributed by atoms with van der Waals surface area (Å²) < 4.78 is 7.46. The van der Waals surface area contributed by atoms with Crippen LogP contribution >= 0.6 is 31.9 Å². The van der Waals surface area contributed by atoms with Gasteiger partial charge in [-0.25, -0.2) is 5.43 Å². The zero-order valence-corrected chi connectivity index (χ0v) is 17.1. The van der Waals surface area contributed by atoms with E-state index in [1.165, 1.54) is 0 Å². The van der Waals surface area contributed by atoms with E-state index in [2.05, 4.69) is 56.2 Å². The van der Waals surface area contributed by atoms with Crippen LogP contribution in [0.25, 0.3) is 10.8 Å². The third-order valence-electron chi connectivity index (χ3n) is 3.31. The highest BCUT2D eigenvalue weighted by Crippen LogP contribution is 2.34. The second kappa shape index (κ2) is 8.62. The number of ether oxygens (including phenoxy) is 1. The summed E-state index contributed by atoms with van der Waals surface area (Å²) in [7, 11) is 0. The average Bonchev–Trinajstić information content (AvgIpc) is 2.51. The van der Waals surface area contributed by atoms with Crippen molar-refractivity contribution >= 4 is 54.3 Å². The van der Waals surface area contributed by atoms with E-state index in [1.807, 2.05) is 37.3 Å². The van der Waals surface area contributed by atoms with Gasteiger partial charge in [0.25, 0.3) is 5.91 Å². The molecular formula is C18H20Br2N2O2. The summed E-state index contributed by atoms with van der Waals surface area (Å²) in [5.41, 5.74) is 3.42. The number of fused-ring (bicyclic) bond motifs is 1. The zero-order valence-electron chi connectivity index (χ0n) is 13.9. The molecular weight excluding hydrogens is 436 g/mol. The minimum atomic E-state index is -0.277. The van der Waals surface area contributed by atoms with Gasteiger partial charge in [0.2, 0.25) is 0 Å². The number of halogens is 2. The molecule has 0 saturated heterocycles. The highest BCUT2D eigenvalue weighted by atomic mass is 79.9. The molecule has 4 nitrogen and oxygen atoms in total. The predicted molar refractivity (Wildman–Crippen MR) is 106 cm³/mol. The maximum Gasteiger partial charge on any atom is 0.277 e. The molecule has 0 heterocycles. The number of hydrogen-bond donors (Lipinski definition) is 1. The summed E-state index contributed by atoms with van der Waals surface area (Å²) >= 11 is 7.00. The van der Waals surface area contributed by atoms with Crippen LogP contribution in [0.3, 0.4) is 0 Å². The number of nitrogens with one attached hydrogen (secondary N) is 1. The molecule has 2 aromatic rings. The Labute approximate surface area is 158 Å². The molecule has 2 rings (SSSR count). The Morgan fingerprint density at radius 3 is 2.71 bits per heavy atom. The van der Waals surface area contributed by atoms with Crippen molar-refractivity contribution < 1.29 is 9.53 Å². The van der Waals surface area contributed by atoms with Gasteiger partial charge in [-0.1, -0.05) is 41.9 Å². The molecule has 6 heteroatoms. The number of carbonyl (C=O) groups is 1. The van der Waals surface area contributed by atoms with Gasteiger partial charge in [0.15, 0.2) is 6.61 Å². The molecule has 2 aromatic carbocycles. The molecule has 0 unspecified atom stereocenters. The van der Waals surface area contributed by atoms with Gasteiger partial charge < -0.3 is 4.74 Å². The molecule has 0 aliphatic carbocycles. The van der Waals surface area contributed by atoms with Crippen LogP contribution in [-0.2, 0) is 4.79 Å². The van der Waals surface area contributed by atoms with Gasteiger partial charge in [0.1, 0.15) is 5.75 Å². The normalized spacial score (nSPS) is 11.8. The number of hydrazone groups is 1. The number of nitrogens with zero attached hydrogens (tertiary/aromatic N) is 1. The van der Waals surface area contributed by atoms with Crippen molar-refractivity contribution in [3.8, 4) is 5.75 Å². The van der Waals surface area contributed by atoms with E-state index in [1.54, 1.807) is 0 Å². The van der Waals surface area contributed by atoms with E-state index < -0.39 is 0 Å². The van der Waals surface area contributed by atoms with Crippen molar-refractivity contribution in [1.82, 2.24) is 5.43 Å². The molecule has 1 N–H and O–H groups in total. The molecule has 24 heavy (non-hydrogen) atoms. The van der Waals surface area contributed by atoms with E-state index in [0.717, 1.165) is 31.9 Å². The summed E-state index contributed by atoms with van der Waals surface area (Å²) in [6.45, 7) is 6.04. The first-order valence-corrected chi connectivity index (χ1v) is 9.28. The van der Waals surface area contributed by atoms with Gasteiger partial charge in [-0.05, 0) is 64.2 Å². The van der Waals surface area contributed by atoms with Crippen molar-refractivity contribution in [3.05, 3.63) is 39.3 Å². The van der Waals surface area contributed by atoms with E-state index in [0.29, 0.717) is 11.7 Å². The van der Waals surface area contributed by atoms with E-state index in [-0.39, 0.29) is 12.5 Å². The molecule has 0 spiro atoms. The summed E-state index contributed by atoms with van der Waals surface area (Å²) in [4.78, 5) is 11.9. The summed E-state index contributed by atoms with van der Waals surface area (Å²) in [5, 5.41) is 6.19. The first-order valence-electron chi connectivity index (χ1n) is 7.69. The van der Waals surface area contributed by atoms with Crippen LogP contribution < -0.4 is 10.2 Å². The third kappa shape index (κ3) is 5.31. The molecule has 0 atom stereocenters. The van der Waals surface area contributed by atoms with Gasteiger partial charge in [0, 0.05) is 10.2 Å². The molecule has 0 aliphatic rings. The van der Waals surface area contributed by atoms with Crippen LogP contribution in [0.5, 0.6) is 5.75 Å². The van der Waals surface area contributed by atoms with E-state index in [4.69, 9.17) is 4.74 Å². The molecule has 128 valence electrons. The maximum absolute atomic E-state index is 11.9. The van der Waals surface area contributed by atoms with Crippen LogP contribution in [0, 0.1) is 5.92 Å². The molecule has 0 aliphatic heterocycles. The number of carbonyl (C=O) groups excluding carboxylic acids is 1. The summed E-state index contributed by atoms with van der Waals surface area (Å²) in [5.74, 6) is 0.860. The van der Waals surface area contributed by atoms with Crippen LogP contribution in [0.15, 0.2) is 44.4 Å². The first kappa shape index (κ1) is 18.9. The summed E-state index contributed by atoms with van der Waals surface area (Å²) in [6, 6.07) is 9.80. The second-order valence-electron chi connectivity index (χ2n) is 6.01. The first-order chi connectivity index (χ1) is 11.4. The van der Waals surface area contributed by atoms with Gasteiger partial charge >= 0.3 is 0 Å². The van der Waals surface area contributed by atoms with E-state index in [9.17, 15) is 4.79 Å². The average molecular weight is 456 g/mol. The number of amides is 1. The van der Waals surface area contributed by atoms with Crippen molar-refractivity contribution in [1.29, 1.82) is 0 Å². The van der Waals surface area contributed by atoms with Crippen LogP contribution in [0.2, 0.25) is 0 Å². The standard InChI is InChI=1S/C18H20Br2N2O2/c1-11(2)8-12(3)21-22-17(23)10-24-16-7-4-13-9-14(19)5-6-15(13)18(16)20/h4-7,9,11H,8,10H2,1-3H3,(H,22,23)/b21-12+. The van der Waals surface area contributed by atoms with Gasteiger partial charge in [-0.3, -0.25) is 4.79 Å². The highest BCUT2D eigenvalue weighted by molar-refractivity contribution is 9.11.